The summed E-state index contributed by atoms with van der Waals surface area (Å²) in [6.07, 6.45) is 6.78. The number of benzene rings is 3. The first-order chi connectivity index (χ1) is 29.7. The maximum atomic E-state index is 15.8. The molecule has 1 saturated carbocycles. The third-order valence-corrected chi connectivity index (χ3v) is 13.8. The summed E-state index contributed by atoms with van der Waals surface area (Å²) in [5.41, 5.74) is 1.96. The fourth-order valence-corrected chi connectivity index (χ4v) is 10.9. The van der Waals surface area contributed by atoms with Crippen molar-refractivity contribution < 1.29 is 27.9 Å². The van der Waals surface area contributed by atoms with Gasteiger partial charge in [-0.15, -0.1) is 0 Å². The molecule has 322 valence electrons. The van der Waals surface area contributed by atoms with E-state index in [-0.39, 0.29) is 48.5 Å². The number of nitriles is 1. The molecule has 3 aromatic carbocycles. The normalized spacial score (nSPS) is 22.0. The number of likely N-dealkylation sites (tertiary alicyclic amines) is 1. The Morgan fingerprint density at radius 1 is 0.935 bits per heavy atom. The fourth-order valence-electron chi connectivity index (χ4n) is 10.9. The molecule has 0 spiro atoms. The highest BCUT2D eigenvalue weighted by Gasteiger charge is 2.64. The molecule has 0 bridgehead atoms. The number of urea groups is 1. The number of piperidine rings is 2. The minimum atomic E-state index is -0.558. The lowest BCUT2D eigenvalue weighted by Crippen LogP contribution is -2.74. The standard InChI is InChI=1S/C47H51F2N9O4/c1-46(2)43(47(3,4)44(46)62-39-10-8-30(25-50)41-33(39)6-5-16-51-41)54-42(60)29-7-9-36(35(49)22-29)56-19-11-28(12-20-56)27-55-17-13-32(14-18-55)58-38-24-31(48)23-37(34(38)26-52-58)57-21-15-40(59)53-45(57)61/h5-10,16,22-24,26,28,32,43-44H,11-15,17-21,27H2,1-4H3,(H,54,60)(H,53,59,61). The molecular weight excluding hydrogens is 793 g/mol. The molecule has 13 nitrogen and oxygen atoms in total. The van der Waals surface area contributed by atoms with Crippen molar-refractivity contribution in [3.8, 4) is 11.8 Å². The summed E-state index contributed by atoms with van der Waals surface area (Å²) in [7, 11) is 0. The second-order valence-electron chi connectivity index (χ2n) is 18.5. The molecule has 5 aromatic rings. The Morgan fingerprint density at radius 3 is 2.40 bits per heavy atom. The number of fused-ring (bicyclic) bond motifs is 2. The van der Waals surface area contributed by atoms with E-state index in [4.69, 9.17) is 4.74 Å². The second kappa shape index (κ2) is 16.0. The third kappa shape index (κ3) is 7.37. The van der Waals surface area contributed by atoms with Crippen LogP contribution in [0.25, 0.3) is 21.8 Å². The average Bonchev–Trinajstić information content (AvgIpc) is 3.68. The van der Waals surface area contributed by atoms with Gasteiger partial charge in [0.1, 0.15) is 29.6 Å². The summed E-state index contributed by atoms with van der Waals surface area (Å²) < 4.78 is 39.2. The largest absolute Gasteiger partial charge is 0.488 e. The molecule has 0 radical (unpaired) electrons. The van der Waals surface area contributed by atoms with Gasteiger partial charge in [-0.05, 0) is 86.2 Å². The zero-order valence-corrected chi connectivity index (χ0v) is 35.5. The lowest BCUT2D eigenvalue weighted by molar-refractivity contribution is -0.163. The summed E-state index contributed by atoms with van der Waals surface area (Å²) in [5.74, 6) is -0.455. The van der Waals surface area contributed by atoms with Crippen LogP contribution in [-0.2, 0) is 4.79 Å². The Kier molecular flexibility index (Phi) is 10.6. The van der Waals surface area contributed by atoms with Crippen molar-refractivity contribution in [1.29, 1.82) is 5.26 Å². The Bertz CT molecular complexity index is 2610. The summed E-state index contributed by atoms with van der Waals surface area (Å²) in [5, 5.41) is 21.2. The van der Waals surface area contributed by atoms with Crippen molar-refractivity contribution in [3.63, 3.8) is 0 Å². The van der Waals surface area contributed by atoms with Crippen LogP contribution in [0.4, 0.5) is 25.0 Å². The van der Waals surface area contributed by atoms with Crippen molar-refractivity contribution in [2.75, 3.05) is 49.1 Å². The molecule has 4 aliphatic rings. The maximum Gasteiger partial charge on any atom is 0.328 e. The number of nitrogens with one attached hydrogen (secondary N) is 2. The van der Waals surface area contributed by atoms with Gasteiger partial charge in [-0.2, -0.15) is 10.4 Å². The third-order valence-electron chi connectivity index (χ3n) is 13.8. The molecule has 0 unspecified atom stereocenters. The minimum absolute atomic E-state index is 0.0850. The number of halogens is 2. The van der Waals surface area contributed by atoms with Crippen LogP contribution in [0.2, 0.25) is 0 Å². The topological polar surface area (TPSA) is 149 Å². The Hall–Kier alpha value is -6.14. The number of anilines is 2. The Labute approximate surface area is 359 Å². The van der Waals surface area contributed by atoms with Crippen LogP contribution in [0, 0.1) is 39.7 Å². The number of amides is 4. The monoisotopic (exact) mass is 843 g/mol. The molecule has 4 fully saturated rings. The number of nitrogens with zero attached hydrogens (tertiary/aromatic N) is 7. The number of hydrogen-bond acceptors (Lipinski definition) is 9. The molecule has 2 aromatic heterocycles. The first-order valence-electron chi connectivity index (χ1n) is 21.5. The van der Waals surface area contributed by atoms with Gasteiger partial charge in [0, 0.05) is 85.1 Å². The summed E-state index contributed by atoms with van der Waals surface area (Å²) in [6.45, 7) is 12.5. The van der Waals surface area contributed by atoms with Gasteiger partial charge < -0.3 is 19.9 Å². The number of imide groups is 1. The minimum Gasteiger partial charge on any atom is -0.488 e. The maximum absolute atomic E-state index is 15.8. The number of pyridine rings is 1. The molecule has 2 N–H and O–H groups in total. The van der Waals surface area contributed by atoms with E-state index < -0.39 is 28.5 Å². The van der Waals surface area contributed by atoms with Crippen molar-refractivity contribution in [2.24, 2.45) is 16.7 Å². The number of hydrogen-bond donors (Lipinski definition) is 2. The van der Waals surface area contributed by atoms with Crippen LogP contribution in [0.15, 0.2) is 67.0 Å². The molecule has 3 aliphatic heterocycles. The van der Waals surface area contributed by atoms with Crippen LogP contribution in [0.3, 0.4) is 0 Å². The fraction of sp³-hybridized carbons (Fsp3) is 0.447. The van der Waals surface area contributed by atoms with Gasteiger partial charge in [0.2, 0.25) is 5.91 Å². The zero-order chi connectivity index (χ0) is 43.5. The van der Waals surface area contributed by atoms with Gasteiger partial charge >= 0.3 is 6.03 Å². The van der Waals surface area contributed by atoms with Crippen LogP contribution in [0.5, 0.6) is 5.75 Å². The molecule has 9 rings (SSSR count). The van der Waals surface area contributed by atoms with E-state index >= 15 is 4.39 Å². The summed E-state index contributed by atoms with van der Waals surface area (Å²) in [4.78, 5) is 48.3. The summed E-state index contributed by atoms with van der Waals surface area (Å²) in [6, 6.07) is 16.3. The lowest BCUT2D eigenvalue weighted by Gasteiger charge is -2.63. The number of ether oxygens (including phenoxy) is 1. The molecular formula is C47H51F2N9O4. The van der Waals surface area contributed by atoms with Crippen LogP contribution in [-0.4, -0.2) is 88.9 Å². The van der Waals surface area contributed by atoms with Gasteiger partial charge in [-0.25, -0.2) is 13.6 Å². The van der Waals surface area contributed by atoms with E-state index in [0.29, 0.717) is 45.0 Å². The van der Waals surface area contributed by atoms with Gasteiger partial charge in [0.05, 0.1) is 40.2 Å². The molecule has 5 heterocycles. The van der Waals surface area contributed by atoms with E-state index in [1.807, 2.05) is 16.8 Å². The highest BCUT2D eigenvalue weighted by molar-refractivity contribution is 6.09. The molecule has 1 aliphatic carbocycles. The van der Waals surface area contributed by atoms with Crippen molar-refractivity contribution >= 4 is 51.0 Å². The van der Waals surface area contributed by atoms with Crippen LogP contribution < -0.4 is 25.2 Å². The van der Waals surface area contributed by atoms with Crippen molar-refractivity contribution in [3.05, 3.63) is 89.8 Å². The average molecular weight is 844 g/mol. The van der Waals surface area contributed by atoms with Crippen LogP contribution >= 0.6 is 0 Å². The second-order valence-corrected chi connectivity index (χ2v) is 18.5. The van der Waals surface area contributed by atoms with Crippen molar-refractivity contribution in [1.82, 2.24) is 30.3 Å². The van der Waals surface area contributed by atoms with E-state index in [1.54, 1.807) is 36.7 Å². The van der Waals surface area contributed by atoms with Gasteiger partial charge in [0.15, 0.2) is 0 Å². The zero-order valence-electron chi connectivity index (χ0n) is 35.5. The number of rotatable bonds is 9. The highest BCUT2D eigenvalue weighted by Crippen LogP contribution is 2.56. The highest BCUT2D eigenvalue weighted by atomic mass is 19.1. The van der Waals surface area contributed by atoms with Gasteiger partial charge in [-0.3, -0.25) is 29.5 Å². The molecule has 15 heteroatoms. The number of carbonyl (C=O) groups excluding carboxylic acids is 3. The van der Waals surface area contributed by atoms with E-state index in [1.165, 1.54) is 23.1 Å². The van der Waals surface area contributed by atoms with E-state index in [9.17, 15) is 24.0 Å². The smallest absolute Gasteiger partial charge is 0.328 e. The number of aromatic nitrogens is 3. The summed E-state index contributed by atoms with van der Waals surface area (Å²) >= 11 is 0. The predicted molar refractivity (Wildman–Crippen MR) is 231 cm³/mol. The van der Waals surface area contributed by atoms with Gasteiger partial charge in [0.25, 0.3) is 5.91 Å². The molecule has 4 amide bonds. The van der Waals surface area contributed by atoms with E-state index in [0.717, 1.165) is 63.8 Å². The van der Waals surface area contributed by atoms with Crippen LogP contribution in [0.1, 0.15) is 81.8 Å². The Balaban J connectivity index is 0.770. The lowest BCUT2D eigenvalue weighted by atomic mass is 9.49. The van der Waals surface area contributed by atoms with Crippen molar-refractivity contribution in [2.45, 2.75) is 78.0 Å². The molecule has 3 saturated heterocycles. The molecule has 0 atom stereocenters. The SMILES string of the molecule is CC1(C)C(NC(=O)c2ccc(N3CCC(CN4CCC(n5ncc6c(N7CCC(=O)NC7=O)cc(F)cc65)CC4)CC3)c(F)c2)C(C)(C)C1Oc1ccc(C#N)c2ncccc12. The number of carbonyl (C=O) groups is 3. The predicted octanol–water partition coefficient (Wildman–Crippen LogP) is 7.35. The quantitative estimate of drug-likeness (QED) is 0.156. The Morgan fingerprint density at radius 2 is 1.69 bits per heavy atom. The first-order valence-corrected chi connectivity index (χ1v) is 21.5. The van der Waals surface area contributed by atoms with Gasteiger partial charge in [-0.1, -0.05) is 27.7 Å². The van der Waals surface area contributed by atoms with E-state index in [2.05, 4.69) is 64.3 Å². The first kappa shape index (κ1) is 41.2. The molecule has 62 heavy (non-hydrogen) atoms.